The van der Waals surface area contributed by atoms with Gasteiger partial charge in [0.05, 0.1) is 5.75 Å². The maximum atomic E-state index is 12.7. The van der Waals surface area contributed by atoms with E-state index in [4.69, 9.17) is 0 Å². The number of sulfone groups is 1. The van der Waals surface area contributed by atoms with Crippen LogP contribution in [0.4, 0.5) is 0 Å². The van der Waals surface area contributed by atoms with Crippen molar-refractivity contribution in [3.05, 3.63) is 77.3 Å². The van der Waals surface area contributed by atoms with E-state index in [9.17, 15) is 21.6 Å². The maximum absolute atomic E-state index is 12.7. The molecule has 3 N–H and O–H groups in total. The number of carbonyl (C=O) groups excluding carboxylic acids is 1. The fraction of sp³-hybridized carbons (Fsp3) is 0.261. The van der Waals surface area contributed by atoms with Gasteiger partial charge in [-0.15, -0.1) is 0 Å². The van der Waals surface area contributed by atoms with Gasteiger partial charge in [-0.2, -0.15) is 4.72 Å². The first-order valence-corrected chi connectivity index (χ1v) is 14.0. The molecule has 0 aliphatic carbocycles. The van der Waals surface area contributed by atoms with Gasteiger partial charge in [-0.05, 0) is 36.1 Å². The van der Waals surface area contributed by atoms with Crippen molar-refractivity contribution in [1.29, 1.82) is 0 Å². The lowest BCUT2D eigenvalue weighted by atomic mass is 10.1. The van der Waals surface area contributed by atoms with Crippen LogP contribution in [0.25, 0.3) is 17.0 Å². The zero-order chi connectivity index (χ0) is 23.9. The first-order chi connectivity index (χ1) is 15.6. The van der Waals surface area contributed by atoms with Crippen molar-refractivity contribution in [3.8, 4) is 0 Å². The molecule has 0 aliphatic rings. The Morgan fingerprint density at radius 3 is 2.45 bits per heavy atom. The quantitative estimate of drug-likeness (QED) is 0.381. The van der Waals surface area contributed by atoms with Gasteiger partial charge in [0.2, 0.25) is 15.9 Å². The average Bonchev–Trinajstić information content (AvgIpc) is 3.18. The van der Waals surface area contributed by atoms with Crippen LogP contribution in [0.1, 0.15) is 17.5 Å². The molecule has 2 aromatic carbocycles. The summed E-state index contributed by atoms with van der Waals surface area (Å²) in [6, 6.07) is 15.4. The van der Waals surface area contributed by atoms with Crippen molar-refractivity contribution in [1.82, 2.24) is 15.0 Å². The molecule has 0 saturated heterocycles. The van der Waals surface area contributed by atoms with Crippen molar-refractivity contribution in [2.75, 3.05) is 18.6 Å². The van der Waals surface area contributed by atoms with E-state index < -0.39 is 31.8 Å². The van der Waals surface area contributed by atoms with E-state index in [1.165, 1.54) is 6.08 Å². The van der Waals surface area contributed by atoms with Crippen LogP contribution in [0.15, 0.2) is 66.2 Å². The molecule has 8 nitrogen and oxygen atoms in total. The lowest BCUT2D eigenvalue weighted by Gasteiger charge is -2.17. The number of carbonyl (C=O) groups is 1. The second kappa shape index (κ2) is 10.8. The third-order valence-electron chi connectivity index (χ3n) is 5.01. The Labute approximate surface area is 194 Å². The molecule has 1 heterocycles. The third-order valence-corrected chi connectivity index (χ3v) is 7.09. The van der Waals surface area contributed by atoms with E-state index >= 15 is 0 Å². The van der Waals surface area contributed by atoms with Crippen molar-refractivity contribution >= 4 is 42.7 Å². The van der Waals surface area contributed by atoms with Gasteiger partial charge in [0.25, 0.3) is 0 Å². The van der Waals surface area contributed by atoms with Crippen LogP contribution in [-0.4, -0.2) is 52.3 Å². The largest absolute Gasteiger partial charge is 0.361 e. The fourth-order valence-corrected chi connectivity index (χ4v) is 5.03. The van der Waals surface area contributed by atoms with Crippen molar-refractivity contribution in [3.63, 3.8) is 0 Å². The zero-order valence-electron chi connectivity index (χ0n) is 18.2. The minimum Gasteiger partial charge on any atom is -0.361 e. The summed E-state index contributed by atoms with van der Waals surface area (Å²) < 4.78 is 50.6. The highest BCUT2D eigenvalue weighted by molar-refractivity contribution is 7.92. The van der Waals surface area contributed by atoms with E-state index in [-0.39, 0.29) is 18.7 Å². The molecule has 33 heavy (non-hydrogen) atoms. The van der Waals surface area contributed by atoms with Crippen LogP contribution in [0.5, 0.6) is 0 Å². The fourth-order valence-electron chi connectivity index (χ4n) is 3.33. The molecule has 3 aromatic rings. The highest BCUT2D eigenvalue weighted by Gasteiger charge is 2.24. The Hall–Kier alpha value is -2.95. The molecular formula is C23H27N3O5S2. The third kappa shape index (κ3) is 7.85. The molecular weight excluding hydrogens is 462 g/mol. The summed E-state index contributed by atoms with van der Waals surface area (Å²) in [7, 11) is -7.36. The number of nitrogens with one attached hydrogen (secondary N) is 3. The monoisotopic (exact) mass is 489 g/mol. The van der Waals surface area contributed by atoms with Crippen LogP contribution < -0.4 is 10.0 Å². The van der Waals surface area contributed by atoms with Crippen molar-refractivity contribution in [2.24, 2.45) is 0 Å². The summed E-state index contributed by atoms with van der Waals surface area (Å²) in [5, 5.41) is 4.74. The molecule has 0 bridgehead atoms. The van der Waals surface area contributed by atoms with Crippen LogP contribution in [0.2, 0.25) is 0 Å². The molecule has 0 fully saturated rings. The van der Waals surface area contributed by atoms with Gasteiger partial charge >= 0.3 is 0 Å². The Bertz CT molecular complexity index is 1330. The highest BCUT2D eigenvalue weighted by atomic mass is 32.2. The first-order valence-electron chi connectivity index (χ1n) is 10.4. The number of rotatable bonds is 11. The topological polar surface area (TPSA) is 125 Å². The molecule has 3 rings (SSSR count). The Morgan fingerprint density at radius 2 is 1.73 bits per heavy atom. The predicted molar refractivity (Wildman–Crippen MR) is 131 cm³/mol. The SMILES string of the molecule is CS(=O)(=O)CCC(NS(=O)(=O)/C=C/c1ccccc1)C(=O)NCCc1c[nH]c2ccccc12. The molecule has 10 heteroatoms. The molecule has 1 aromatic heterocycles. The maximum Gasteiger partial charge on any atom is 0.238 e. The van der Waals surface area contributed by atoms with Gasteiger partial charge in [-0.3, -0.25) is 4.79 Å². The number of hydrogen-bond donors (Lipinski definition) is 3. The van der Waals surface area contributed by atoms with Gasteiger partial charge in [0.1, 0.15) is 15.9 Å². The average molecular weight is 490 g/mol. The summed E-state index contributed by atoms with van der Waals surface area (Å²) in [5.74, 6) is -0.895. The van der Waals surface area contributed by atoms with Gasteiger partial charge in [0.15, 0.2) is 0 Å². The predicted octanol–water partition coefficient (Wildman–Crippen LogP) is 2.22. The van der Waals surface area contributed by atoms with Gasteiger partial charge < -0.3 is 10.3 Å². The van der Waals surface area contributed by atoms with E-state index in [0.717, 1.165) is 28.1 Å². The van der Waals surface area contributed by atoms with Crippen LogP contribution in [0.3, 0.4) is 0 Å². The lowest BCUT2D eigenvalue weighted by Crippen LogP contribution is -2.47. The number of sulfonamides is 1. The Morgan fingerprint density at radius 1 is 1.03 bits per heavy atom. The van der Waals surface area contributed by atoms with E-state index in [2.05, 4.69) is 15.0 Å². The normalized spacial score (nSPS) is 13.4. The number of aromatic nitrogens is 1. The molecule has 176 valence electrons. The molecule has 0 spiro atoms. The minimum atomic E-state index is -3.98. The van der Waals surface area contributed by atoms with Gasteiger partial charge in [-0.25, -0.2) is 16.8 Å². The zero-order valence-corrected chi connectivity index (χ0v) is 19.8. The summed E-state index contributed by atoms with van der Waals surface area (Å²) >= 11 is 0. The number of H-pyrrole nitrogens is 1. The number of fused-ring (bicyclic) bond motifs is 1. The second-order valence-electron chi connectivity index (χ2n) is 7.75. The standard InChI is InChI=1S/C23H27N3O5S2/c1-32(28,29)15-13-22(26-33(30,31)16-12-18-7-3-2-4-8-18)23(27)24-14-11-19-17-25-21-10-6-5-9-20(19)21/h2-10,12,16-17,22,25-26H,11,13-15H2,1H3,(H,24,27)/b16-12+. The second-order valence-corrected chi connectivity index (χ2v) is 11.6. The van der Waals surface area contributed by atoms with E-state index in [1.807, 2.05) is 36.5 Å². The minimum absolute atomic E-state index is 0.170. The van der Waals surface area contributed by atoms with Gasteiger partial charge in [0, 0.05) is 35.3 Å². The molecule has 0 saturated carbocycles. The molecule has 1 atom stereocenters. The van der Waals surface area contributed by atoms with Crippen molar-refractivity contribution in [2.45, 2.75) is 18.9 Å². The molecule has 0 aliphatic heterocycles. The summed E-state index contributed by atoms with van der Waals surface area (Å²) in [6.07, 6.45) is 4.69. The van der Waals surface area contributed by atoms with E-state index in [0.29, 0.717) is 12.0 Å². The summed E-state index contributed by atoms with van der Waals surface area (Å²) in [4.78, 5) is 15.9. The van der Waals surface area contributed by atoms with Gasteiger partial charge in [-0.1, -0.05) is 48.5 Å². The Kier molecular flexibility index (Phi) is 8.06. The van der Waals surface area contributed by atoms with Crippen LogP contribution in [-0.2, 0) is 31.1 Å². The van der Waals surface area contributed by atoms with Crippen LogP contribution in [0, 0.1) is 0 Å². The number of hydrogen-bond acceptors (Lipinski definition) is 5. The van der Waals surface area contributed by atoms with Crippen molar-refractivity contribution < 1.29 is 21.6 Å². The highest BCUT2D eigenvalue weighted by Crippen LogP contribution is 2.17. The van der Waals surface area contributed by atoms with Crippen LogP contribution >= 0.6 is 0 Å². The smallest absolute Gasteiger partial charge is 0.238 e. The first kappa shape index (κ1) is 24.7. The number of aromatic amines is 1. The number of benzene rings is 2. The van der Waals surface area contributed by atoms with E-state index in [1.54, 1.807) is 24.3 Å². The molecule has 0 radical (unpaired) electrons. The molecule has 1 unspecified atom stereocenters. The summed E-state index contributed by atoms with van der Waals surface area (Å²) in [6.45, 7) is 0.275. The summed E-state index contributed by atoms with van der Waals surface area (Å²) in [5.41, 5.74) is 2.69. The lowest BCUT2D eigenvalue weighted by molar-refractivity contribution is -0.122. The molecule has 1 amide bonds. The number of amides is 1. The Balaban J connectivity index is 1.65. The number of para-hydroxylation sites is 1.